The number of hydrogen-bond donors (Lipinski definition) is 1. The van der Waals surface area contributed by atoms with Crippen molar-refractivity contribution < 1.29 is 4.42 Å². The van der Waals surface area contributed by atoms with Gasteiger partial charge in [-0.25, -0.2) is 0 Å². The summed E-state index contributed by atoms with van der Waals surface area (Å²) in [6.45, 7) is 7.50. The summed E-state index contributed by atoms with van der Waals surface area (Å²) in [7, 11) is 0. The van der Waals surface area contributed by atoms with E-state index in [1.807, 2.05) is 30.8 Å². The van der Waals surface area contributed by atoms with Crippen molar-refractivity contribution in [2.75, 3.05) is 18.8 Å². The highest BCUT2D eigenvalue weighted by atomic mass is 32.2. The Kier molecular flexibility index (Phi) is 4.72. The standard InChI is InChI=1S/C10H15NOS/c1-3-5-11-6-8-13-10-4-7-12-9(10)2/h3-4,7,11H,1,5-6,8H2,2H3. The van der Waals surface area contributed by atoms with Crippen LogP contribution >= 0.6 is 11.8 Å². The molecule has 1 aromatic heterocycles. The molecule has 0 aliphatic carbocycles. The molecule has 0 unspecified atom stereocenters. The first kappa shape index (κ1) is 10.4. The molecule has 0 bridgehead atoms. The lowest BCUT2D eigenvalue weighted by molar-refractivity contribution is 0.527. The Hall–Kier alpha value is -0.670. The smallest absolute Gasteiger partial charge is 0.114 e. The average molecular weight is 197 g/mol. The number of nitrogens with one attached hydrogen (secondary N) is 1. The van der Waals surface area contributed by atoms with Crippen molar-refractivity contribution in [1.82, 2.24) is 5.32 Å². The van der Waals surface area contributed by atoms with E-state index in [-0.39, 0.29) is 0 Å². The van der Waals surface area contributed by atoms with E-state index in [9.17, 15) is 0 Å². The summed E-state index contributed by atoms with van der Waals surface area (Å²) in [6, 6.07) is 2.01. The van der Waals surface area contributed by atoms with E-state index in [1.54, 1.807) is 6.26 Å². The molecule has 0 atom stereocenters. The van der Waals surface area contributed by atoms with Crippen LogP contribution in [0.15, 0.2) is 34.3 Å². The molecule has 0 aliphatic heterocycles. The van der Waals surface area contributed by atoms with Gasteiger partial charge in [0.1, 0.15) is 5.76 Å². The highest BCUT2D eigenvalue weighted by Gasteiger charge is 1.99. The molecule has 1 rings (SSSR count). The SMILES string of the molecule is C=CCNCCSc1ccoc1C. The maximum absolute atomic E-state index is 5.19. The lowest BCUT2D eigenvalue weighted by Gasteiger charge is -2.00. The Morgan fingerprint density at radius 2 is 2.54 bits per heavy atom. The van der Waals surface area contributed by atoms with Gasteiger partial charge < -0.3 is 9.73 Å². The van der Waals surface area contributed by atoms with Gasteiger partial charge in [0, 0.05) is 23.7 Å². The van der Waals surface area contributed by atoms with Gasteiger partial charge in [0.25, 0.3) is 0 Å². The predicted octanol–water partition coefficient (Wildman–Crippen LogP) is 2.46. The molecule has 0 amide bonds. The normalized spacial score (nSPS) is 10.2. The summed E-state index contributed by atoms with van der Waals surface area (Å²) >= 11 is 1.81. The lowest BCUT2D eigenvalue weighted by atomic mass is 10.5. The van der Waals surface area contributed by atoms with E-state index in [1.165, 1.54) is 4.90 Å². The van der Waals surface area contributed by atoms with E-state index >= 15 is 0 Å². The third kappa shape index (κ3) is 3.70. The van der Waals surface area contributed by atoms with Crippen molar-refractivity contribution in [2.24, 2.45) is 0 Å². The minimum absolute atomic E-state index is 0.880. The van der Waals surface area contributed by atoms with E-state index in [0.717, 1.165) is 24.6 Å². The van der Waals surface area contributed by atoms with Gasteiger partial charge in [0.15, 0.2) is 0 Å². The highest BCUT2D eigenvalue weighted by Crippen LogP contribution is 2.22. The Labute approximate surface area is 83.4 Å². The maximum atomic E-state index is 5.19. The van der Waals surface area contributed by atoms with Crippen LogP contribution < -0.4 is 5.32 Å². The summed E-state index contributed by atoms with van der Waals surface area (Å²) in [5.41, 5.74) is 0. The topological polar surface area (TPSA) is 25.2 Å². The summed E-state index contributed by atoms with van der Waals surface area (Å²) in [4.78, 5) is 1.24. The van der Waals surface area contributed by atoms with Crippen molar-refractivity contribution in [3.05, 3.63) is 30.7 Å². The van der Waals surface area contributed by atoms with Crippen molar-refractivity contribution in [2.45, 2.75) is 11.8 Å². The van der Waals surface area contributed by atoms with Crippen molar-refractivity contribution in [3.8, 4) is 0 Å². The van der Waals surface area contributed by atoms with Crippen LogP contribution in [0.25, 0.3) is 0 Å². The van der Waals surface area contributed by atoms with Crippen LogP contribution in [0, 0.1) is 6.92 Å². The highest BCUT2D eigenvalue weighted by molar-refractivity contribution is 7.99. The number of rotatable bonds is 6. The molecule has 0 saturated carbocycles. The summed E-state index contributed by atoms with van der Waals surface area (Å²) < 4.78 is 5.19. The monoisotopic (exact) mass is 197 g/mol. The van der Waals surface area contributed by atoms with Crippen LogP contribution in [-0.4, -0.2) is 18.8 Å². The third-order valence-corrected chi connectivity index (χ3v) is 2.78. The Bertz CT molecular complexity index is 257. The Morgan fingerprint density at radius 1 is 1.69 bits per heavy atom. The molecule has 72 valence electrons. The predicted molar refractivity (Wildman–Crippen MR) is 57.2 cm³/mol. The molecule has 1 N–H and O–H groups in total. The zero-order chi connectivity index (χ0) is 9.52. The minimum atomic E-state index is 0.880. The van der Waals surface area contributed by atoms with Gasteiger partial charge in [0.2, 0.25) is 0 Å². The first-order chi connectivity index (χ1) is 6.34. The summed E-state index contributed by atoms with van der Waals surface area (Å²) in [6.07, 6.45) is 3.60. The van der Waals surface area contributed by atoms with Crippen LogP contribution in [0.1, 0.15) is 5.76 Å². The van der Waals surface area contributed by atoms with E-state index in [2.05, 4.69) is 11.9 Å². The van der Waals surface area contributed by atoms with Crippen LogP contribution in [0.4, 0.5) is 0 Å². The minimum Gasteiger partial charge on any atom is -0.468 e. The summed E-state index contributed by atoms with van der Waals surface area (Å²) in [5.74, 6) is 2.07. The number of hydrogen-bond acceptors (Lipinski definition) is 3. The van der Waals surface area contributed by atoms with E-state index in [4.69, 9.17) is 4.42 Å². The zero-order valence-electron chi connectivity index (χ0n) is 7.88. The molecule has 0 fully saturated rings. The van der Waals surface area contributed by atoms with Gasteiger partial charge in [-0.05, 0) is 13.0 Å². The lowest BCUT2D eigenvalue weighted by Crippen LogP contribution is -2.16. The Balaban J connectivity index is 2.13. The van der Waals surface area contributed by atoms with Gasteiger partial charge in [-0.1, -0.05) is 6.08 Å². The molecule has 0 radical (unpaired) electrons. The van der Waals surface area contributed by atoms with Gasteiger partial charge in [-0.2, -0.15) is 0 Å². The first-order valence-corrected chi connectivity index (χ1v) is 5.31. The van der Waals surface area contributed by atoms with Gasteiger partial charge in [0.05, 0.1) is 6.26 Å². The molecular weight excluding hydrogens is 182 g/mol. The van der Waals surface area contributed by atoms with E-state index in [0.29, 0.717) is 0 Å². The molecule has 0 aromatic carbocycles. The molecule has 0 spiro atoms. The fraction of sp³-hybridized carbons (Fsp3) is 0.400. The fourth-order valence-electron chi connectivity index (χ4n) is 0.960. The number of thioether (sulfide) groups is 1. The zero-order valence-corrected chi connectivity index (χ0v) is 8.69. The maximum Gasteiger partial charge on any atom is 0.114 e. The third-order valence-electron chi connectivity index (χ3n) is 1.64. The van der Waals surface area contributed by atoms with Crippen molar-refractivity contribution >= 4 is 11.8 Å². The van der Waals surface area contributed by atoms with Crippen LogP contribution in [0.2, 0.25) is 0 Å². The largest absolute Gasteiger partial charge is 0.468 e. The molecule has 3 heteroatoms. The van der Waals surface area contributed by atoms with Gasteiger partial charge in [-0.15, -0.1) is 18.3 Å². The average Bonchev–Trinajstić information content (AvgIpc) is 2.52. The molecule has 2 nitrogen and oxygen atoms in total. The molecular formula is C10H15NOS. The summed E-state index contributed by atoms with van der Waals surface area (Å²) in [5, 5.41) is 3.25. The second-order valence-corrected chi connectivity index (χ2v) is 3.82. The van der Waals surface area contributed by atoms with Crippen LogP contribution in [0.3, 0.4) is 0 Å². The molecule has 13 heavy (non-hydrogen) atoms. The van der Waals surface area contributed by atoms with Crippen LogP contribution in [0.5, 0.6) is 0 Å². The Morgan fingerprint density at radius 3 is 3.15 bits per heavy atom. The van der Waals surface area contributed by atoms with Gasteiger partial charge >= 0.3 is 0 Å². The van der Waals surface area contributed by atoms with Crippen LogP contribution in [-0.2, 0) is 0 Å². The first-order valence-electron chi connectivity index (χ1n) is 4.33. The second kappa shape index (κ2) is 5.89. The number of aryl methyl sites for hydroxylation is 1. The number of furan rings is 1. The molecule has 1 aromatic rings. The fourth-order valence-corrected chi connectivity index (χ4v) is 1.83. The van der Waals surface area contributed by atoms with E-state index < -0.39 is 0 Å². The molecule has 0 saturated heterocycles. The van der Waals surface area contributed by atoms with Crippen molar-refractivity contribution in [3.63, 3.8) is 0 Å². The second-order valence-electron chi connectivity index (χ2n) is 2.68. The molecule has 1 heterocycles. The quantitative estimate of drug-likeness (QED) is 0.431. The molecule has 0 aliphatic rings. The van der Waals surface area contributed by atoms with Crippen molar-refractivity contribution in [1.29, 1.82) is 0 Å². The van der Waals surface area contributed by atoms with Gasteiger partial charge in [-0.3, -0.25) is 0 Å².